The highest BCUT2D eigenvalue weighted by Crippen LogP contribution is 2.31. The molecule has 0 spiro atoms. The van der Waals surface area contributed by atoms with Crippen LogP contribution in [0.25, 0.3) is 0 Å². The van der Waals surface area contributed by atoms with Gasteiger partial charge in [-0.05, 0) is 61.5 Å². The highest BCUT2D eigenvalue weighted by molar-refractivity contribution is 7.07. The zero-order valence-electron chi connectivity index (χ0n) is 20.3. The van der Waals surface area contributed by atoms with E-state index in [1.54, 1.807) is 0 Å². The maximum absolute atomic E-state index is 13.5. The summed E-state index contributed by atoms with van der Waals surface area (Å²) in [6.07, 6.45) is -6.91. The Morgan fingerprint density at radius 2 is 1.97 bits per heavy atom. The zero-order chi connectivity index (χ0) is 26.6. The predicted molar refractivity (Wildman–Crippen MR) is 125 cm³/mol. The SMILES string of the molecule is CC(C)C(NC(=O)[C@@]1(C(=O)[C@@H](N)C(C)(C)C(=O)OCCc2ccsc2)CCCN1)C(O)C(F)(F)F. The Morgan fingerprint density at radius 1 is 1.31 bits per heavy atom. The van der Waals surface area contributed by atoms with E-state index in [0.29, 0.717) is 12.8 Å². The van der Waals surface area contributed by atoms with E-state index in [1.807, 2.05) is 16.8 Å². The highest BCUT2D eigenvalue weighted by Gasteiger charge is 2.55. The number of nitrogens with one attached hydrogen (secondary N) is 2. The summed E-state index contributed by atoms with van der Waals surface area (Å²) in [6.45, 7) is 6.01. The highest BCUT2D eigenvalue weighted by atomic mass is 32.1. The molecule has 0 saturated carbocycles. The monoisotopic (exact) mass is 521 g/mol. The Morgan fingerprint density at radius 3 is 2.46 bits per heavy atom. The van der Waals surface area contributed by atoms with Gasteiger partial charge in [0.1, 0.15) is 0 Å². The van der Waals surface area contributed by atoms with Gasteiger partial charge in [0.2, 0.25) is 5.91 Å². The Hall–Kier alpha value is -2.02. The summed E-state index contributed by atoms with van der Waals surface area (Å²) < 4.78 is 44.8. The normalized spacial score (nSPS) is 21.4. The number of aliphatic hydroxyl groups excluding tert-OH is 1. The minimum absolute atomic E-state index is 0.0123. The molecular weight excluding hydrogens is 487 g/mol. The first-order valence-corrected chi connectivity index (χ1v) is 12.4. The number of rotatable bonds is 11. The lowest BCUT2D eigenvalue weighted by Crippen LogP contribution is -2.68. The van der Waals surface area contributed by atoms with Crippen LogP contribution in [0.3, 0.4) is 0 Å². The lowest BCUT2D eigenvalue weighted by molar-refractivity contribution is -0.215. The van der Waals surface area contributed by atoms with Crippen LogP contribution < -0.4 is 16.4 Å². The fraction of sp³-hybridized carbons (Fsp3) is 0.696. The van der Waals surface area contributed by atoms with Crippen molar-refractivity contribution in [3.63, 3.8) is 0 Å². The third-order valence-corrected chi connectivity index (χ3v) is 7.18. The van der Waals surface area contributed by atoms with Gasteiger partial charge in [-0.1, -0.05) is 13.8 Å². The molecule has 1 aliphatic heterocycles. The average molecular weight is 522 g/mol. The number of esters is 1. The molecule has 1 saturated heterocycles. The number of carbonyl (C=O) groups excluding carboxylic acids is 3. The number of ether oxygens (including phenoxy) is 1. The van der Waals surface area contributed by atoms with Crippen molar-refractivity contribution in [1.82, 2.24) is 10.6 Å². The fourth-order valence-electron chi connectivity index (χ4n) is 3.95. The molecule has 1 fully saturated rings. The lowest BCUT2D eigenvalue weighted by Gasteiger charge is -2.37. The van der Waals surface area contributed by atoms with Crippen molar-refractivity contribution >= 4 is 29.0 Å². The second-order valence-electron chi connectivity index (χ2n) is 9.75. The number of alkyl halides is 3. The number of halogens is 3. The van der Waals surface area contributed by atoms with E-state index >= 15 is 0 Å². The second-order valence-corrected chi connectivity index (χ2v) is 10.5. The van der Waals surface area contributed by atoms with Crippen LogP contribution in [0.1, 0.15) is 46.1 Å². The first-order valence-electron chi connectivity index (χ1n) is 11.4. The van der Waals surface area contributed by atoms with Gasteiger partial charge < -0.3 is 20.9 Å². The first kappa shape index (κ1) is 29.2. The molecule has 35 heavy (non-hydrogen) atoms. The summed E-state index contributed by atoms with van der Waals surface area (Å²) >= 11 is 1.51. The third kappa shape index (κ3) is 6.60. The number of carbonyl (C=O) groups is 3. The number of hydrogen-bond acceptors (Lipinski definition) is 8. The van der Waals surface area contributed by atoms with Crippen molar-refractivity contribution in [1.29, 1.82) is 0 Å². The van der Waals surface area contributed by atoms with Gasteiger partial charge in [-0.25, -0.2) is 0 Å². The Kier molecular flexibility index (Phi) is 9.48. The number of nitrogens with two attached hydrogens (primary N) is 1. The zero-order valence-corrected chi connectivity index (χ0v) is 21.1. The summed E-state index contributed by atoms with van der Waals surface area (Å²) in [7, 11) is 0. The first-order chi connectivity index (χ1) is 16.1. The van der Waals surface area contributed by atoms with E-state index in [1.165, 1.54) is 39.0 Å². The summed E-state index contributed by atoms with van der Waals surface area (Å²) in [5.41, 5.74) is 3.75. The van der Waals surface area contributed by atoms with Gasteiger partial charge in [-0.3, -0.25) is 19.7 Å². The molecule has 5 N–H and O–H groups in total. The molecule has 1 aromatic heterocycles. The van der Waals surface area contributed by atoms with Crippen LogP contribution in [0.15, 0.2) is 16.8 Å². The van der Waals surface area contributed by atoms with Crippen LogP contribution in [0, 0.1) is 11.3 Å². The lowest BCUT2D eigenvalue weighted by atomic mass is 9.75. The van der Waals surface area contributed by atoms with E-state index in [-0.39, 0.29) is 19.6 Å². The average Bonchev–Trinajstić information content (AvgIpc) is 3.47. The van der Waals surface area contributed by atoms with E-state index in [4.69, 9.17) is 10.5 Å². The number of aliphatic hydroxyl groups is 1. The number of hydrogen-bond donors (Lipinski definition) is 4. The van der Waals surface area contributed by atoms with Gasteiger partial charge in [0, 0.05) is 6.42 Å². The van der Waals surface area contributed by atoms with Crippen molar-refractivity contribution in [2.45, 2.75) is 76.9 Å². The fourth-order valence-corrected chi connectivity index (χ4v) is 4.65. The van der Waals surface area contributed by atoms with Crippen molar-refractivity contribution in [3.8, 4) is 0 Å². The number of Topliss-reactive ketones (excluding diaryl/α,β-unsaturated/α-hetero) is 1. The van der Waals surface area contributed by atoms with Crippen molar-refractivity contribution in [3.05, 3.63) is 22.4 Å². The minimum atomic E-state index is -4.96. The summed E-state index contributed by atoms with van der Waals surface area (Å²) in [6, 6.07) is -1.26. The molecule has 198 valence electrons. The molecule has 0 aromatic carbocycles. The van der Waals surface area contributed by atoms with Gasteiger partial charge in [-0.15, -0.1) is 0 Å². The van der Waals surface area contributed by atoms with Gasteiger partial charge in [0.25, 0.3) is 0 Å². The number of ketones is 1. The molecule has 1 aromatic rings. The third-order valence-electron chi connectivity index (χ3n) is 6.45. The number of amides is 1. The molecule has 2 unspecified atom stereocenters. The summed E-state index contributed by atoms with van der Waals surface area (Å²) in [4.78, 5) is 39.5. The maximum Gasteiger partial charge on any atom is 0.416 e. The molecule has 4 atom stereocenters. The smallest absolute Gasteiger partial charge is 0.416 e. The second kappa shape index (κ2) is 11.4. The molecule has 0 aliphatic carbocycles. The van der Waals surface area contributed by atoms with Crippen molar-refractivity contribution < 1.29 is 37.4 Å². The topological polar surface area (TPSA) is 131 Å². The predicted octanol–water partition coefficient (Wildman–Crippen LogP) is 1.94. The Labute approximate surface area is 206 Å². The molecule has 2 rings (SSSR count). The van der Waals surface area contributed by atoms with Crippen LogP contribution in [0.2, 0.25) is 0 Å². The molecule has 2 heterocycles. The summed E-state index contributed by atoms with van der Waals surface area (Å²) in [5, 5.41) is 18.6. The van der Waals surface area contributed by atoms with Crippen LogP contribution in [0.4, 0.5) is 13.2 Å². The standard InChI is InChI=1S/C23H34F3N3O5S/c1-13(2)15(17(30)23(24,25)26)29-19(32)22(8-5-9-28-22)18(31)16(27)21(3,4)20(33)34-10-6-14-7-11-35-12-14/h7,11-13,15-17,28,30H,5-6,8-10,27H2,1-4H3,(H,29,32)/t15?,16-,17?,22+/m1/s1. The van der Waals surface area contributed by atoms with Crippen LogP contribution >= 0.6 is 11.3 Å². The van der Waals surface area contributed by atoms with Crippen LogP contribution in [-0.2, 0) is 25.5 Å². The van der Waals surface area contributed by atoms with Crippen molar-refractivity contribution in [2.75, 3.05) is 13.2 Å². The minimum Gasteiger partial charge on any atom is -0.465 e. The van der Waals surface area contributed by atoms with E-state index in [2.05, 4.69) is 10.6 Å². The van der Waals surface area contributed by atoms with Gasteiger partial charge in [-0.2, -0.15) is 24.5 Å². The maximum atomic E-state index is 13.5. The van der Waals surface area contributed by atoms with Gasteiger partial charge in [0.05, 0.1) is 24.1 Å². The van der Waals surface area contributed by atoms with Gasteiger partial charge >= 0.3 is 12.1 Å². The van der Waals surface area contributed by atoms with Gasteiger partial charge in [0.15, 0.2) is 17.4 Å². The molecule has 8 nitrogen and oxygen atoms in total. The van der Waals surface area contributed by atoms with E-state index < -0.39 is 58.9 Å². The Balaban J connectivity index is 2.18. The molecular formula is C23H34F3N3O5S. The molecule has 1 aliphatic rings. The number of thiophene rings is 1. The molecule has 0 bridgehead atoms. The van der Waals surface area contributed by atoms with Crippen molar-refractivity contribution in [2.24, 2.45) is 17.1 Å². The van der Waals surface area contributed by atoms with E-state index in [0.717, 1.165) is 5.56 Å². The van der Waals surface area contributed by atoms with Crippen LogP contribution in [-0.4, -0.2) is 65.8 Å². The molecule has 12 heteroatoms. The largest absolute Gasteiger partial charge is 0.465 e. The van der Waals surface area contributed by atoms with E-state index in [9.17, 15) is 32.7 Å². The Bertz CT molecular complexity index is 883. The van der Waals surface area contributed by atoms with Crippen LogP contribution in [0.5, 0.6) is 0 Å². The molecule has 1 amide bonds. The molecule has 0 radical (unpaired) electrons. The quantitative estimate of drug-likeness (QED) is 0.259. The summed E-state index contributed by atoms with van der Waals surface area (Å²) in [5.74, 6) is -3.35.